The third-order valence-electron chi connectivity index (χ3n) is 5.79. The van der Waals surface area contributed by atoms with Gasteiger partial charge in [-0.15, -0.1) is 0 Å². The van der Waals surface area contributed by atoms with E-state index in [0.29, 0.717) is 12.2 Å². The van der Waals surface area contributed by atoms with Crippen LogP contribution >= 0.6 is 0 Å². The molecule has 172 valence electrons. The Bertz CT molecular complexity index is 1090. The number of phenolic OH excluding ortho intramolecular Hbond substituents is 1. The molecule has 1 amide bonds. The highest BCUT2D eigenvalue weighted by molar-refractivity contribution is 5.79. The zero-order chi connectivity index (χ0) is 23.4. The van der Waals surface area contributed by atoms with Gasteiger partial charge in [-0.3, -0.25) is 0 Å². The molecule has 0 radical (unpaired) electrons. The molecule has 3 aromatic rings. The maximum Gasteiger partial charge on any atom is 0.407 e. The third kappa shape index (κ3) is 4.79. The maximum absolute atomic E-state index is 12.3. The number of nitrogens with one attached hydrogen (secondary N) is 1. The van der Waals surface area contributed by atoms with Gasteiger partial charge in [-0.25, -0.2) is 4.79 Å². The number of phenols is 1. The lowest BCUT2D eigenvalue weighted by atomic mass is 9.98. The molecule has 1 aliphatic rings. The third-order valence-corrected chi connectivity index (χ3v) is 5.79. The van der Waals surface area contributed by atoms with Crippen molar-refractivity contribution in [3.8, 4) is 22.6 Å². The van der Waals surface area contributed by atoms with Crippen LogP contribution in [-0.2, 0) is 4.74 Å². The number of rotatable bonds is 8. The van der Waals surface area contributed by atoms with Crippen LogP contribution in [0.15, 0.2) is 66.7 Å². The first-order chi connectivity index (χ1) is 16.0. The number of carbonyl (C=O) groups is 1. The van der Waals surface area contributed by atoms with Crippen LogP contribution in [0.1, 0.15) is 35.6 Å². The lowest BCUT2D eigenvalue weighted by Gasteiger charge is -2.20. The highest BCUT2D eigenvalue weighted by Gasteiger charge is 2.29. The van der Waals surface area contributed by atoms with Crippen LogP contribution in [0.2, 0.25) is 0 Å². The summed E-state index contributed by atoms with van der Waals surface area (Å²) < 4.78 is 10.8. The quantitative estimate of drug-likeness (QED) is 0.417. The summed E-state index contributed by atoms with van der Waals surface area (Å²) in [6, 6.07) is 20.4. The largest absolute Gasteiger partial charge is 0.504 e. The van der Waals surface area contributed by atoms with Crippen LogP contribution < -0.4 is 10.1 Å². The highest BCUT2D eigenvalue weighted by atomic mass is 16.5. The van der Waals surface area contributed by atoms with Crippen molar-refractivity contribution in [1.29, 1.82) is 0 Å². The monoisotopic (exact) mass is 449 g/mol. The first kappa shape index (κ1) is 22.6. The Labute approximate surface area is 192 Å². The fourth-order valence-corrected chi connectivity index (χ4v) is 4.16. The number of hydrogen-bond donors (Lipinski definition) is 4. The zero-order valence-electron chi connectivity index (χ0n) is 18.3. The molecule has 4 rings (SSSR count). The van der Waals surface area contributed by atoms with Crippen molar-refractivity contribution in [3.63, 3.8) is 0 Å². The van der Waals surface area contributed by atoms with Crippen LogP contribution in [0.4, 0.5) is 4.79 Å². The molecule has 0 saturated heterocycles. The van der Waals surface area contributed by atoms with Crippen LogP contribution in [0.5, 0.6) is 11.5 Å². The molecule has 7 heteroatoms. The smallest absolute Gasteiger partial charge is 0.407 e. The number of aliphatic hydroxyl groups excluding tert-OH is 2. The fourth-order valence-electron chi connectivity index (χ4n) is 4.16. The number of amides is 1. The van der Waals surface area contributed by atoms with Crippen LogP contribution in [0.25, 0.3) is 11.1 Å². The molecule has 3 aromatic carbocycles. The molecule has 2 unspecified atom stereocenters. The van der Waals surface area contributed by atoms with E-state index in [1.54, 1.807) is 6.92 Å². The minimum atomic E-state index is -1.28. The van der Waals surface area contributed by atoms with Gasteiger partial charge in [0.1, 0.15) is 18.8 Å². The topological polar surface area (TPSA) is 108 Å². The van der Waals surface area contributed by atoms with Crippen molar-refractivity contribution in [2.45, 2.75) is 25.0 Å². The second kappa shape index (κ2) is 9.94. The number of carbonyl (C=O) groups excluding carboxylic acids is 1. The van der Waals surface area contributed by atoms with Gasteiger partial charge in [0.15, 0.2) is 11.5 Å². The average molecular weight is 450 g/mol. The van der Waals surface area contributed by atoms with E-state index in [0.717, 1.165) is 22.3 Å². The molecule has 4 N–H and O–H groups in total. The fraction of sp³-hybridized carbons (Fsp3) is 0.269. The van der Waals surface area contributed by atoms with E-state index in [9.17, 15) is 20.1 Å². The van der Waals surface area contributed by atoms with Gasteiger partial charge in [0.05, 0.1) is 6.61 Å². The Kier molecular flexibility index (Phi) is 6.82. The Balaban J connectivity index is 1.33. The van der Waals surface area contributed by atoms with Gasteiger partial charge in [-0.05, 0) is 46.9 Å². The molecule has 0 spiro atoms. The molecule has 0 aromatic heterocycles. The summed E-state index contributed by atoms with van der Waals surface area (Å²) in [6.45, 7) is 2.07. The molecule has 1 aliphatic carbocycles. The zero-order valence-corrected chi connectivity index (χ0v) is 18.3. The normalized spacial score (nSPS) is 14.2. The van der Waals surface area contributed by atoms with Crippen molar-refractivity contribution < 1.29 is 29.6 Å². The first-order valence-corrected chi connectivity index (χ1v) is 10.9. The van der Waals surface area contributed by atoms with Gasteiger partial charge in [-0.1, -0.05) is 54.6 Å². The molecule has 0 fully saturated rings. The number of benzene rings is 3. The number of hydrogen-bond acceptors (Lipinski definition) is 6. The lowest BCUT2D eigenvalue weighted by Crippen LogP contribution is -2.36. The van der Waals surface area contributed by atoms with Gasteiger partial charge in [0.25, 0.3) is 0 Å². The number of alkyl carbamates (subject to hydrolysis) is 1. The Morgan fingerprint density at radius 2 is 1.64 bits per heavy atom. The molecular weight excluding hydrogens is 422 g/mol. The summed E-state index contributed by atoms with van der Waals surface area (Å²) in [6.07, 6.45) is -3.23. The summed E-state index contributed by atoms with van der Waals surface area (Å²) >= 11 is 0. The van der Waals surface area contributed by atoms with E-state index < -0.39 is 18.3 Å². The summed E-state index contributed by atoms with van der Waals surface area (Å²) in [5.41, 5.74) is 4.86. The Hall–Kier alpha value is -3.55. The van der Waals surface area contributed by atoms with Crippen molar-refractivity contribution in [2.24, 2.45) is 0 Å². The van der Waals surface area contributed by atoms with Gasteiger partial charge in [0, 0.05) is 12.5 Å². The molecule has 0 aliphatic heterocycles. The average Bonchev–Trinajstić information content (AvgIpc) is 3.16. The van der Waals surface area contributed by atoms with Gasteiger partial charge < -0.3 is 30.1 Å². The predicted molar refractivity (Wildman–Crippen MR) is 123 cm³/mol. The van der Waals surface area contributed by atoms with E-state index in [1.807, 2.05) is 36.4 Å². The molecule has 0 heterocycles. The van der Waals surface area contributed by atoms with Gasteiger partial charge in [-0.2, -0.15) is 0 Å². The SMILES string of the molecule is CCOc1cc(C(O)C(O)CNC(=O)OCC2c3ccccc3-c3ccccc32)ccc1O. The van der Waals surface area contributed by atoms with Crippen LogP contribution in [0.3, 0.4) is 0 Å². The van der Waals surface area contributed by atoms with E-state index in [-0.39, 0.29) is 30.6 Å². The number of ether oxygens (including phenoxy) is 2. The molecule has 33 heavy (non-hydrogen) atoms. The lowest BCUT2D eigenvalue weighted by molar-refractivity contribution is 0.0184. The van der Waals surface area contributed by atoms with Crippen molar-refractivity contribution >= 4 is 6.09 Å². The molecular formula is C26H27NO6. The maximum atomic E-state index is 12.3. The Morgan fingerprint density at radius 1 is 1.00 bits per heavy atom. The van der Waals surface area contributed by atoms with Crippen LogP contribution in [0, 0.1) is 0 Å². The predicted octanol–water partition coefficient (Wildman–Crippen LogP) is 3.72. The van der Waals surface area contributed by atoms with E-state index in [4.69, 9.17) is 9.47 Å². The van der Waals surface area contributed by atoms with Gasteiger partial charge in [0.2, 0.25) is 0 Å². The highest BCUT2D eigenvalue weighted by Crippen LogP contribution is 2.44. The first-order valence-electron chi connectivity index (χ1n) is 10.9. The number of aliphatic hydroxyl groups is 2. The summed E-state index contributed by atoms with van der Waals surface area (Å²) in [7, 11) is 0. The van der Waals surface area contributed by atoms with E-state index >= 15 is 0 Å². The second-order valence-corrected chi connectivity index (χ2v) is 7.88. The van der Waals surface area contributed by atoms with E-state index in [2.05, 4.69) is 17.4 Å². The van der Waals surface area contributed by atoms with Crippen molar-refractivity contribution in [3.05, 3.63) is 83.4 Å². The Morgan fingerprint density at radius 3 is 2.27 bits per heavy atom. The molecule has 2 atom stereocenters. The summed E-state index contributed by atoms with van der Waals surface area (Å²) in [5.74, 6) is 0.0949. The molecule has 0 saturated carbocycles. The molecule has 7 nitrogen and oxygen atoms in total. The minimum Gasteiger partial charge on any atom is -0.504 e. The van der Waals surface area contributed by atoms with Gasteiger partial charge >= 0.3 is 6.09 Å². The number of fused-ring (bicyclic) bond motifs is 3. The van der Waals surface area contributed by atoms with Crippen molar-refractivity contribution in [1.82, 2.24) is 5.32 Å². The number of aromatic hydroxyl groups is 1. The second-order valence-electron chi connectivity index (χ2n) is 7.88. The van der Waals surface area contributed by atoms with Crippen LogP contribution in [-0.4, -0.2) is 47.3 Å². The summed E-state index contributed by atoms with van der Waals surface area (Å²) in [5, 5.41) is 33.0. The summed E-state index contributed by atoms with van der Waals surface area (Å²) in [4.78, 5) is 12.3. The van der Waals surface area contributed by atoms with E-state index in [1.165, 1.54) is 18.2 Å². The molecule has 0 bridgehead atoms. The standard InChI is InChI=1S/C26H27NO6/c1-2-32-24-13-16(11-12-22(24)28)25(30)23(29)14-27-26(31)33-15-21-19-9-5-3-7-17(19)18-8-4-6-10-20(18)21/h3-13,21,23,25,28-30H,2,14-15H2,1H3,(H,27,31). The van der Waals surface area contributed by atoms with Crippen molar-refractivity contribution in [2.75, 3.05) is 19.8 Å². The minimum absolute atomic E-state index is 0.0564.